The van der Waals surface area contributed by atoms with E-state index in [1.54, 1.807) is 6.07 Å². The van der Waals surface area contributed by atoms with Gasteiger partial charge in [0.05, 0.1) is 5.41 Å². The van der Waals surface area contributed by atoms with Crippen LogP contribution in [0.3, 0.4) is 0 Å². The Bertz CT molecular complexity index is 543. The second kappa shape index (κ2) is 5.48. The highest BCUT2D eigenvalue weighted by atomic mass is 16.5. The number of hydrogen-bond acceptors (Lipinski definition) is 5. The van der Waals surface area contributed by atoms with Crippen LogP contribution in [0.25, 0.3) is 0 Å². The molecule has 1 amide bonds. The summed E-state index contributed by atoms with van der Waals surface area (Å²) in [5, 5.41) is 15.8. The maximum Gasteiger partial charge on any atom is 0.311 e. The van der Waals surface area contributed by atoms with Crippen molar-refractivity contribution in [3.63, 3.8) is 0 Å². The van der Waals surface area contributed by atoms with Crippen molar-refractivity contribution in [2.75, 3.05) is 19.8 Å². The van der Waals surface area contributed by atoms with Crippen molar-refractivity contribution in [1.82, 2.24) is 10.5 Å². The number of ether oxygens (including phenoxy) is 1. The van der Waals surface area contributed by atoms with Crippen LogP contribution in [-0.2, 0) is 9.53 Å². The molecule has 1 aliphatic heterocycles. The van der Waals surface area contributed by atoms with E-state index in [4.69, 9.17) is 9.26 Å². The number of rotatable bonds is 5. The maximum absolute atomic E-state index is 12.1. The van der Waals surface area contributed by atoms with E-state index < -0.39 is 17.3 Å². The van der Waals surface area contributed by atoms with Gasteiger partial charge in [-0.15, -0.1) is 0 Å². The number of carboxylic acid groups (broad SMARTS) is 1. The Hall–Kier alpha value is -1.89. The quantitative estimate of drug-likeness (QED) is 0.845. The van der Waals surface area contributed by atoms with Crippen molar-refractivity contribution >= 4 is 11.9 Å². The summed E-state index contributed by atoms with van der Waals surface area (Å²) in [6.45, 7) is 0.881. The fraction of sp³-hybridized carbons (Fsp3) is 0.643. The number of carbonyl (C=O) groups excluding carboxylic acids is 1. The zero-order valence-corrected chi connectivity index (χ0v) is 11.6. The summed E-state index contributed by atoms with van der Waals surface area (Å²) >= 11 is 0. The van der Waals surface area contributed by atoms with Crippen LogP contribution in [0.2, 0.25) is 0 Å². The molecule has 1 saturated heterocycles. The van der Waals surface area contributed by atoms with Gasteiger partial charge in [-0.1, -0.05) is 5.16 Å². The van der Waals surface area contributed by atoms with Gasteiger partial charge in [-0.2, -0.15) is 0 Å². The van der Waals surface area contributed by atoms with Crippen molar-refractivity contribution in [3.8, 4) is 0 Å². The first kappa shape index (κ1) is 14.1. The van der Waals surface area contributed by atoms with E-state index in [-0.39, 0.29) is 12.2 Å². The van der Waals surface area contributed by atoms with E-state index >= 15 is 0 Å². The summed E-state index contributed by atoms with van der Waals surface area (Å²) in [5.41, 5.74) is -0.735. The van der Waals surface area contributed by atoms with Crippen molar-refractivity contribution in [3.05, 3.63) is 17.5 Å². The highest BCUT2D eigenvalue weighted by Crippen LogP contribution is 2.40. The standard InChI is InChI=1S/C14H18N2O5/c17-12(10-7-11(21-16-10)9-1-2-9)15-8-14(13(18)19)3-5-20-6-4-14/h7,9H,1-6,8H2,(H,15,17)(H,18,19). The Morgan fingerprint density at radius 2 is 2.10 bits per heavy atom. The van der Waals surface area contributed by atoms with Gasteiger partial charge in [0.25, 0.3) is 5.91 Å². The van der Waals surface area contributed by atoms with E-state index in [0.29, 0.717) is 32.0 Å². The number of carbonyl (C=O) groups is 2. The van der Waals surface area contributed by atoms with E-state index in [0.717, 1.165) is 18.6 Å². The molecule has 21 heavy (non-hydrogen) atoms. The first-order chi connectivity index (χ1) is 10.1. The number of amides is 1. The molecule has 0 radical (unpaired) electrons. The van der Waals surface area contributed by atoms with Gasteiger partial charge in [-0.25, -0.2) is 0 Å². The largest absolute Gasteiger partial charge is 0.481 e. The third-order valence-electron chi connectivity index (χ3n) is 4.23. The molecule has 114 valence electrons. The van der Waals surface area contributed by atoms with Gasteiger partial charge in [-0.05, 0) is 25.7 Å². The molecule has 3 rings (SSSR count). The van der Waals surface area contributed by atoms with E-state index in [1.807, 2.05) is 0 Å². The lowest BCUT2D eigenvalue weighted by Gasteiger charge is -2.32. The monoisotopic (exact) mass is 294 g/mol. The number of aromatic nitrogens is 1. The smallest absolute Gasteiger partial charge is 0.311 e. The Balaban J connectivity index is 1.61. The molecule has 0 unspecified atom stereocenters. The molecule has 1 aromatic rings. The third kappa shape index (κ3) is 2.92. The minimum atomic E-state index is -0.947. The van der Waals surface area contributed by atoms with Crippen LogP contribution in [0.1, 0.15) is 47.8 Å². The lowest BCUT2D eigenvalue weighted by molar-refractivity contribution is -0.154. The molecule has 2 heterocycles. The first-order valence-electron chi connectivity index (χ1n) is 7.17. The zero-order valence-electron chi connectivity index (χ0n) is 11.6. The molecule has 1 aliphatic carbocycles. The predicted molar refractivity (Wildman–Crippen MR) is 70.9 cm³/mol. The van der Waals surface area contributed by atoms with Gasteiger partial charge in [0.2, 0.25) is 0 Å². The van der Waals surface area contributed by atoms with Crippen LogP contribution in [0, 0.1) is 5.41 Å². The van der Waals surface area contributed by atoms with E-state index in [1.165, 1.54) is 0 Å². The van der Waals surface area contributed by atoms with Gasteiger partial charge >= 0.3 is 5.97 Å². The minimum Gasteiger partial charge on any atom is -0.481 e. The van der Waals surface area contributed by atoms with Crippen LogP contribution in [0.4, 0.5) is 0 Å². The Morgan fingerprint density at radius 3 is 2.71 bits per heavy atom. The lowest BCUT2D eigenvalue weighted by atomic mass is 9.80. The van der Waals surface area contributed by atoms with Gasteiger partial charge in [0.15, 0.2) is 5.69 Å². The average Bonchev–Trinajstić information content (AvgIpc) is 3.23. The fourth-order valence-electron chi connectivity index (χ4n) is 2.52. The number of hydrogen-bond donors (Lipinski definition) is 2. The topological polar surface area (TPSA) is 102 Å². The lowest BCUT2D eigenvalue weighted by Crippen LogP contribution is -2.46. The SMILES string of the molecule is O=C(NCC1(C(=O)O)CCOCC1)c1cc(C2CC2)on1. The zero-order chi connectivity index (χ0) is 14.9. The Labute approximate surface area is 121 Å². The molecule has 0 bridgehead atoms. The molecule has 2 fully saturated rings. The summed E-state index contributed by atoms with van der Waals surface area (Å²) in [4.78, 5) is 23.5. The van der Waals surface area contributed by atoms with Crippen LogP contribution in [0.5, 0.6) is 0 Å². The van der Waals surface area contributed by atoms with E-state index in [9.17, 15) is 14.7 Å². The molecule has 2 aliphatic rings. The summed E-state index contributed by atoms with van der Waals surface area (Å²) < 4.78 is 10.3. The van der Waals surface area contributed by atoms with Crippen LogP contribution >= 0.6 is 0 Å². The molecule has 1 saturated carbocycles. The van der Waals surface area contributed by atoms with Crippen molar-refractivity contribution in [2.45, 2.75) is 31.6 Å². The van der Waals surface area contributed by atoms with Crippen molar-refractivity contribution in [2.24, 2.45) is 5.41 Å². The van der Waals surface area contributed by atoms with E-state index in [2.05, 4.69) is 10.5 Å². The summed E-state index contributed by atoms with van der Waals surface area (Å²) in [6, 6.07) is 1.64. The molecular weight excluding hydrogens is 276 g/mol. The predicted octanol–water partition coefficient (Wildman–Crippen LogP) is 1.16. The first-order valence-corrected chi connectivity index (χ1v) is 7.17. The highest BCUT2D eigenvalue weighted by Gasteiger charge is 2.40. The molecule has 2 N–H and O–H groups in total. The van der Waals surface area contributed by atoms with Gasteiger partial charge < -0.3 is 19.7 Å². The van der Waals surface area contributed by atoms with Crippen LogP contribution in [-0.4, -0.2) is 41.9 Å². The van der Waals surface area contributed by atoms with Crippen LogP contribution in [0.15, 0.2) is 10.6 Å². The fourth-order valence-corrected chi connectivity index (χ4v) is 2.52. The summed E-state index contributed by atoms with van der Waals surface area (Å²) in [5.74, 6) is -0.165. The Kier molecular flexibility index (Phi) is 3.67. The van der Waals surface area contributed by atoms with Crippen LogP contribution < -0.4 is 5.32 Å². The van der Waals surface area contributed by atoms with Crippen molar-refractivity contribution < 1.29 is 24.0 Å². The van der Waals surface area contributed by atoms with Gasteiger partial charge in [0.1, 0.15) is 5.76 Å². The molecular formula is C14H18N2O5. The van der Waals surface area contributed by atoms with Gasteiger partial charge in [0, 0.05) is 31.7 Å². The molecule has 0 spiro atoms. The summed E-state index contributed by atoms with van der Waals surface area (Å²) in [6.07, 6.45) is 2.93. The second-order valence-electron chi connectivity index (χ2n) is 5.77. The molecule has 7 nitrogen and oxygen atoms in total. The molecule has 0 atom stereocenters. The van der Waals surface area contributed by atoms with Crippen molar-refractivity contribution in [1.29, 1.82) is 0 Å². The molecule has 7 heteroatoms. The molecule has 1 aromatic heterocycles. The number of nitrogens with zero attached hydrogens (tertiary/aromatic N) is 1. The Morgan fingerprint density at radius 1 is 1.38 bits per heavy atom. The second-order valence-corrected chi connectivity index (χ2v) is 5.77. The number of aliphatic carboxylic acids is 1. The highest BCUT2D eigenvalue weighted by molar-refractivity contribution is 5.92. The maximum atomic E-state index is 12.1. The molecule has 0 aromatic carbocycles. The number of carboxylic acids is 1. The average molecular weight is 294 g/mol. The number of nitrogens with one attached hydrogen (secondary N) is 1. The third-order valence-corrected chi connectivity index (χ3v) is 4.23. The normalized spacial score (nSPS) is 21.0. The summed E-state index contributed by atoms with van der Waals surface area (Å²) in [7, 11) is 0. The van der Waals surface area contributed by atoms with Gasteiger partial charge in [-0.3, -0.25) is 9.59 Å². The minimum absolute atomic E-state index is 0.0795.